The van der Waals surface area contributed by atoms with Gasteiger partial charge in [-0.2, -0.15) is 0 Å². The van der Waals surface area contributed by atoms with E-state index in [1.807, 2.05) is 13.8 Å². The molecule has 0 radical (unpaired) electrons. The van der Waals surface area contributed by atoms with Gasteiger partial charge in [-0.1, -0.05) is 13.8 Å². The molecule has 3 N–H and O–H groups in total. The average Bonchev–Trinajstić information content (AvgIpc) is 2.54. The molecule has 4 nitrogen and oxygen atoms in total. The lowest BCUT2D eigenvalue weighted by Crippen LogP contribution is -2.47. The first kappa shape index (κ1) is 14.7. The van der Waals surface area contributed by atoms with Gasteiger partial charge >= 0.3 is 0 Å². The molecule has 0 fully saturated rings. The van der Waals surface area contributed by atoms with Crippen molar-refractivity contribution in [2.75, 3.05) is 0 Å². The van der Waals surface area contributed by atoms with E-state index in [1.165, 1.54) is 11.3 Å². The van der Waals surface area contributed by atoms with Gasteiger partial charge in [0.15, 0.2) is 0 Å². The van der Waals surface area contributed by atoms with Crippen LogP contribution in [0.4, 0.5) is 0 Å². The van der Waals surface area contributed by atoms with Gasteiger partial charge in [0.2, 0.25) is 5.91 Å². The molecule has 0 saturated heterocycles. The summed E-state index contributed by atoms with van der Waals surface area (Å²) in [6.07, 6.45) is 0. The Hall–Kier alpha value is -0.400. The smallest absolute Gasteiger partial charge is 0.262 e. The lowest BCUT2D eigenvalue weighted by molar-refractivity contribution is -0.120. The molecule has 0 aliphatic heterocycles. The van der Waals surface area contributed by atoms with Crippen LogP contribution in [0.3, 0.4) is 0 Å². The van der Waals surface area contributed by atoms with Gasteiger partial charge in [-0.05, 0) is 43.8 Å². The topological polar surface area (TPSA) is 72.2 Å². The van der Waals surface area contributed by atoms with Crippen molar-refractivity contribution in [1.82, 2.24) is 5.32 Å². The van der Waals surface area contributed by atoms with Gasteiger partial charge in [0.25, 0.3) is 5.91 Å². The second-order valence-electron chi connectivity index (χ2n) is 3.83. The normalized spacial score (nSPS) is 12.5. The monoisotopic (exact) mass is 382 g/mol. The standard InChI is InChI=1S/C10H12Br2N2O2S/c1-4(2)7(9(13)15)14-10(16)6-3-5(11)8(12)17-6/h3-4,7H,1-2H3,(H2,13,15)(H,14,16)/t7-/m0/s1. The third-order valence-electron chi connectivity index (χ3n) is 2.13. The molecule has 7 heteroatoms. The predicted octanol–water partition coefficient (Wildman–Crippen LogP) is 2.51. The molecule has 2 amide bonds. The van der Waals surface area contributed by atoms with E-state index in [9.17, 15) is 9.59 Å². The van der Waals surface area contributed by atoms with Crippen LogP contribution in [0.15, 0.2) is 14.3 Å². The lowest BCUT2D eigenvalue weighted by Gasteiger charge is -2.18. The van der Waals surface area contributed by atoms with Gasteiger partial charge in [0.05, 0.1) is 8.66 Å². The molecule has 1 rings (SSSR count). The lowest BCUT2D eigenvalue weighted by atomic mass is 10.0. The summed E-state index contributed by atoms with van der Waals surface area (Å²) in [5.74, 6) is -0.856. The van der Waals surface area contributed by atoms with Gasteiger partial charge < -0.3 is 11.1 Å². The molecular weight excluding hydrogens is 372 g/mol. The Morgan fingerprint density at radius 2 is 2.00 bits per heavy atom. The summed E-state index contributed by atoms with van der Waals surface area (Å²) in [6.45, 7) is 3.66. The number of halogens is 2. The summed E-state index contributed by atoms with van der Waals surface area (Å²) in [5.41, 5.74) is 5.23. The molecule has 0 bridgehead atoms. The first-order chi connectivity index (χ1) is 7.82. The summed E-state index contributed by atoms with van der Waals surface area (Å²) < 4.78 is 1.65. The van der Waals surface area contributed by atoms with Crippen molar-refractivity contribution >= 4 is 55.0 Å². The van der Waals surface area contributed by atoms with Crippen molar-refractivity contribution < 1.29 is 9.59 Å². The highest BCUT2D eigenvalue weighted by Crippen LogP contribution is 2.32. The molecule has 1 aromatic rings. The number of thiophene rings is 1. The van der Waals surface area contributed by atoms with E-state index < -0.39 is 11.9 Å². The number of amides is 2. The summed E-state index contributed by atoms with van der Waals surface area (Å²) >= 11 is 7.90. The summed E-state index contributed by atoms with van der Waals surface area (Å²) in [7, 11) is 0. The fourth-order valence-corrected chi connectivity index (χ4v) is 3.18. The van der Waals surface area contributed by atoms with Crippen LogP contribution < -0.4 is 11.1 Å². The molecule has 0 aliphatic carbocycles. The number of primary amides is 1. The van der Waals surface area contributed by atoms with Crippen LogP contribution in [0.25, 0.3) is 0 Å². The van der Waals surface area contributed by atoms with Gasteiger partial charge in [-0.25, -0.2) is 0 Å². The quantitative estimate of drug-likeness (QED) is 0.838. The molecule has 0 saturated carbocycles. The summed E-state index contributed by atoms with van der Waals surface area (Å²) in [5, 5.41) is 2.63. The minimum atomic E-state index is -0.651. The van der Waals surface area contributed by atoms with Crippen LogP contribution in [0.2, 0.25) is 0 Å². The second-order valence-corrected chi connectivity index (χ2v) is 7.05. The average molecular weight is 384 g/mol. The number of nitrogens with one attached hydrogen (secondary N) is 1. The maximum Gasteiger partial charge on any atom is 0.262 e. The van der Waals surface area contributed by atoms with E-state index in [4.69, 9.17) is 5.73 Å². The molecule has 17 heavy (non-hydrogen) atoms. The third kappa shape index (κ3) is 3.79. The van der Waals surface area contributed by atoms with E-state index in [0.717, 1.165) is 8.26 Å². The molecular formula is C10H12Br2N2O2S. The van der Waals surface area contributed by atoms with Crippen LogP contribution in [-0.4, -0.2) is 17.9 Å². The Bertz CT molecular complexity index is 426. The third-order valence-corrected chi connectivity index (χ3v) is 5.38. The number of nitrogens with two attached hydrogens (primary N) is 1. The molecule has 1 heterocycles. The van der Waals surface area contributed by atoms with E-state index in [-0.39, 0.29) is 11.8 Å². The van der Waals surface area contributed by atoms with Crippen molar-refractivity contribution in [2.45, 2.75) is 19.9 Å². The zero-order chi connectivity index (χ0) is 13.2. The summed E-state index contributed by atoms with van der Waals surface area (Å²) in [6, 6.07) is 1.05. The second kappa shape index (κ2) is 5.97. The van der Waals surface area contributed by atoms with Crippen LogP contribution in [-0.2, 0) is 4.79 Å². The minimum Gasteiger partial charge on any atom is -0.368 e. The largest absolute Gasteiger partial charge is 0.368 e. The van der Waals surface area contributed by atoms with Crippen LogP contribution in [0.5, 0.6) is 0 Å². The first-order valence-corrected chi connectivity index (χ1v) is 7.28. The highest BCUT2D eigenvalue weighted by molar-refractivity contribution is 9.13. The molecule has 0 spiro atoms. The molecule has 94 valence electrons. The van der Waals surface area contributed by atoms with Gasteiger partial charge in [0.1, 0.15) is 6.04 Å². The molecule has 1 atom stereocenters. The Morgan fingerprint density at radius 1 is 1.41 bits per heavy atom. The first-order valence-electron chi connectivity index (χ1n) is 4.88. The maximum absolute atomic E-state index is 11.9. The maximum atomic E-state index is 11.9. The van der Waals surface area contributed by atoms with Crippen molar-refractivity contribution in [3.63, 3.8) is 0 Å². The molecule has 1 aromatic heterocycles. The number of hydrogen-bond acceptors (Lipinski definition) is 3. The van der Waals surface area contributed by atoms with E-state index in [1.54, 1.807) is 6.07 Å². The minimum absolute atomic E-state index is 0.0386. The Morgan fingerprint density at radius 3 is 2.35 bits per heavy atom. The van der Waals surface area contributed by atoms with Crippen molar-refractivity contribution in [3.8, 4) is 0 Å². The van der Waals surface area contributed by atoms with Gasteiger partial charge in [-0.15, -0.1) is 11.3 Å². The van der Waals surface area contributed by atoms with E-state index in [0.29, 0.717) is 4.88 Å². The Labute approximate surface area is 120 Å². The van der Waals surface area contributed by atoms with Gasteiger partial charge in [0, 0.05) is 4.47 Å². The van der Waals surface area contributed by atoms with Crippen molar-refractivity contribution in [1.29, 1.82) is 0 Å². The zero-order valence-electron chi connectivity index (χ0n) is 9.29. The van der Waals surface area contributed by atoms with Crippen LogP contribution in [0.1, 0.15) is 23.5 Å². The fourth-order valence-electron chi connectivity index (χ4n) is 1.24. The molecule has 0 aromatic carbocycles. The van der Waals surface area contributed by atoms with Crippen molar-refractivity contribution in [2.24, 2.45) is 11.7 Å². The zero-order valence-corrected chi connectivity index (χ0v) is 13.3. The molecule has 0 unspecified atom stereocenters. The highest BCUT2D eigenvalue weighted by atomic mass is 79.9. The van der Waals surface area contributed by atoms with E-state index in [2.05, 4.69) is 37.2 Å². The number of rotatable bonds is 4. The Kier molecular flexibility index (Phi) is 5.15. The van der Waals surface area contributed by atoms with Crippen LogP contribution >= 0.6 is 43.2 Å². The SMILES string of the molecule is CC(C)[C@H](NC(=O)c1cc(Br)c(Br)s1)C(N)=O. The van der Waals surface area contributed by atoms with E-state index >= 15 is 0 Å². The fraction of sp³-hybridized carbons (Fsp3) is 0.400. The highest BCUT2D eigenvalue weighted by Gasteiger charge is 2.23. The molecule has 0 aliphatic rings. The number of carbonyl (C=O) groups is 2. The number of carbonyl (C=O) groups excluding carboxylic acids is 2. The Balaban J connectivity index is 2.81. The van der Waals surface area contributed by atoms with Crippen molar-refractivity contribution in [3.05, 3.63) is 19.2 Å². The summed E-state index contributed by atoms with van der Waals surface area (Å²) in [4.78, 5) is 23.6. The van der Waals surface area contributed by atoms with Gasteiger partial charge in [-0.3, -0.25) is 9.59 Å². The van der Waals surface area contributed by atoms with Crippen LogP contribution in [0, 0.1) is 5.92 Å². The predicted molar refractivity (Wildman–Crippen MR) is 75.0 cm³/mol. The number of hydrogen-bond donors (Lipinski definition) is 2.